The molecule has 2 rings (SSSR count). The molecular weight excluding hydrogens is 298 g/mol. The zero-order valence-electron chi connectivity index (χ0n) is 12.6. The fourth-order valence-corrected chi connectivity index (χ4v) is 2.58. The highest BCUT2D eigenvalue weighted by molar-refractivity contribution is 6.30. The Morgan fingerprint density at radius 3 is 2.55 bits per heavy atom. The molecule has 0 bridgehead atoms. The summed E-state index contributed by atoms with van der Waals surface area (Å²) in [6.45, 7) is 2.52. The van der Waals surface area contributed by atoms with E-state index in [9.17, 15) is 4.79 Å². The second-order valence-corrected chi connectivity index (χ2v) is 5.70. The second-order valence-electron chi connectivity index (χ2n) is 5.26. The molecule has 0 aromatic heterocycles. The number of rotatable bonds is 7. The highest BCUT2D eigenvalue weighted by Crippen LogP contribution is 2.25. The lowest BCUT2D eigenvalue weighted by Gasteiger charge is -2.14. The predicted molar refractivity (Wildman–Crippen MR) is 89.1 cm³/mol. The summed E-state index contributed by atoms with van der Waals surface area (Å²) in [6, 6.07) is 15.4. The molecule has 0 aliphatic carbocycles. The Balaban J connectivity index is 1.98. The molecule has 2 N–H and O–H groups in total. The average Bonchev–Trinajstić information content (AvgIpc) is 2.51. The van der Waals surface area contributed by atoms with Crippen LogP contribution in [0, 0.1) is 0 Å². The maximum atomic E-state index is 11.1. The molecule has 1 unspecified atom stereocenters. The number of amides is 1. The molecule has 116 valence electrons. The fourth-order valence-electron chi connectivity index (χ4n) is 2.37. The van der Waals surface area contributed by atoms with Crippen LogP contribution in [0.3, 0.4) is 0 Å². The van der Waals surface area contributed by atoms with Gasteiger partial charge in [-0.1, -0.05) is 42.8 Å². The lowest BCUT2D eigenvalue weighted by Crippen LogP contribution is -2.14. The van der Waals surface area contributed by atoms with Gasteiger partial charge < -0.3 is 10.5 Å². The first-order valence-electron chi connectivity index (χ1n) is 7.34. The minimum Gasteiger partial charge on any atom is -0.489 e. The lowest BCUT2D eigenvalue weighted by atomic mass is 9.93. The SMILES string of the molecule is CCC(CC(N)=O)c1ccc(OCc2cccc(Cl)c2)cc1. The Bertz CT molecular complexity index is 625. The topological polar surface area (TPSA) is 52.3 Å². The molecule has 2 aromatic rings. The molecular formula is C18H20ClNO2. The third-order valence-electron chi connectivity index (χ3n) is 3.59. The summed E-state index contributed by atoms with van der Waals surface area (Å²) in [5, 5.41) is 0.702. The number of primary amides is 1. The summed E-state index contributed by atoms with van der Waals surface area (Å²) in [6.07, 6.45) is 1.25. The molecule has 2 aromatic carbocycles. The minimum atomic E-state index is -0.270. The average molecular weight is 318 g/mol. The van der Waals surface area contributed by atoms with Crippen LogP contribution in [0.15, 0.2) is 48.5 Å². The molecule has 1 amide bonds. The number of nitrogens with two attached hydrogens (primary N) is 1. The van der Waals surface area contributed by atoms with E-state index in [0.717, 1.165) is 23.3 Å². The van der Waals surface area contributed by atoms with Crippen LogP contribution in [0.4, 0.5) is 0 Å². The molecule has 3 nitrogen and oxygen atoms in total. The van der Waals surface area contributed by atoms with Gasteiger partial charge in [-0.25, -0.2) is 0 Å². The van der Waals surface area contributed by atoms with Gasteiger partial charge in [-0.15, -0.1) is 0 Å². The number of halogens is 1. The van der Waals surface area contributed by atoms with Crippen LogP contribution in [0.5, 0.6) is 5.75 Å². The van der Waals surface area contributed by atoms with E-state index in [0.29, 0.717) is 18.1 Å². The zero-order chi connectivity index (χ0) is 15.9. The van der Waals surface area contributed by atoms with E-state index < -0.39 is 0 Å². The molecule has 22 heavy (non-hydrogen) atoms. The molecule has 0 spiro atoms. The number of hydrogen-bond donors (Lipinski definition) is 1. The van der Waals surface area contributed by atoms with Gasteiger partial charge in [0.25, 0.3) is 0 Å². The third-order valence-corrected chi connectivity index (χ3v) is 3.82. The number of hydrogen-bond acceptors (Lipinski definition) is 2. The van der Waals surface area contributed by atoms with E-state index in [1.807, 2.05) is 48.5 Å². The smallest absolute Gasteiger partial charge is 0.218 e. The van der Waals surface area contributed by atoms with Crippen molar-refractivity contribution in [2.45, 2.75) is 32.3 Å². The Morgan fingerprint density at radius 1 is 1.23 bits per heavy atom. The van der Waals surface area contributed by atoms with Crippen molar-refractivity contribution in [2.24, 2.45) is 5.73 Å². The van der Waals surface area contributed by atoms with Gasteiger partial charge in [0, 0.05) is 11.4 Å². The predicted octanol–water partition coefficient (Wildman–Crippen LogP) is 4.29. The summed E-state index contributed by atoms with van der Waals surface area (Å²) in [4.78, 5) is 11.1. The fraction of sp³-hybridized carbons (Fsp3) is 0.278. The largest absolute Gasteiger partial charge is 0.489 e. The van der Waals surface area contributed by atoms with Gasteiger partial charge in [-0.05, 0) is 47.7 Å². The molecule has 0 saturated heterocycles. The van der Waals surface area contributed by atoms with Crippen LogP contribution in [0.1, 0.15) is 36.8 Å². The summed E-state index contributed by atoms with van der Waals surface area (Å²) >= 11 is 5.95. The standard InChI is InChI=1S/C18H20ClNO2/c1-2-14(11-18(20)21)15-6-8-17(9-7-15)22-12-13-4-3-5-16(19)10-13/h3-10,14H,2,11-12H2,1H3,(H2,20,21). The van der Waals surface area contributed by atoms with Gasteiger partial charge in [0.2, 0.25) is 5.91 Å². The van der Waals surface area contributed by atoms with Crippen LogP contribution in [-0.4, -0.2) is 5.91 Å². The maximum Gasteiger partial charge on any atom is 0.218 e. The minimum absolute atomic E-state index is 0.166. The zero-order valence-corrected chi connectivity index (χ0v) is 13.3. The number of ether oxygens (including phenoxy) is 1. The Morgan fingerprint density at radius 2 is 1.95 bits per heavy atom. The first kappa shape index (κ1) is 16.4. The number of carbonyl (C=O) groups excluding carboxylic acids is 1. The van der Waals surface area contributed by atoms with Crippen molar-refractivity contribution in [1.82, 2.24) is 0 Å². The highest BCUT2D eigenvalue weighted by atomic mass is 35.5. The van der Waals surface area contributed by atoms with Crippen molar-refractivity contribution < 1.29 is 9.53 Å². The van der Waals surface area contributed by atoms with Crippen molar-refractivity contribution in [3.63, 3.8) is 0 Å². The molecule has 0 saturated carbocycles. The van der Waals surface area contributed by atoms with E-state index in [2.05, 4.69) is 6.92 Å². The second kappa shape index (κ2) is 7.85. The molecule has 0 fully saturated rings. The third kappa shape index (κ3) is 4.78. The maximum absolute atomic E-state index is 11.1. The van der Waals surface area contributed by atoms with E-state index >= 15 is 0 Å². The van der Waals surface area contributed by atoms with E-state index in [1.165, 1.54) is 0 Å². The normalized spacial score (nSPS) is 11.9. The van der Waals surface area contributed by atoms with Gasteiger partial charge in [0.15, 0.2) is 0 Å². The van der Waals surface area contributed by atoms with Gasteiger partial charge in [0.1, 0.15) is 12.4 Å². The van der Waals surface area contributed by atoms with Gasteiger partial charge in [-0.3, -0.25) is 4.79 Å². The Labute approximate surface area is 136 Å². The van der Waals surface area contributed by atoms with Gasteiger partial charge in [-0.2, -0.15) is 0 Å². The Kier molecular flexibility index (Phi) is 5.84. The van der Waals surface area contributed by atoms with Crippen LogP contribution in [0.2, 0.25) is 5.02 Å². The van der Waals surface area contributed by atoms with E-state index in [4.69, 9.17) is 22.1 Å². The van der Waals surface area contributed by atoms with E-state index in [-0.39, 0.29) is 11.8 Å². The molecule has 1 atom stereocenters. The highest BCUT2D eigenvalue weighted by Gasteiger charge is 2.12. The molecule has 0 aliphatic heterocycles. The Hall–Kier alpha value is -2.00. The summed E-state index contributed by atoms with van der Waals surface area (Å²) < 4.78 is 5.75. The monoisotopic (exact) mass is 317 g/mol. The van der Waals surface area contributed by atoms with Crippen LogP contribution >= 0.6 is 11.6 Å². The summed E-state index contributed by atoms with van der Waals surface area (Å²) in [7, 11) is 0. The number of carbonyl (C=O) groups is 1. The first-order valence-corrected chi connectivity index (χ1v) is 7.71. The van der Waals surface area contributed by atoms with Crippen molar-refractivity contribution in [3.05, 3.63) is 64.7 Å². The summed E-state index contributed by atoms with van der Waals surface area (Å²) in [5.41, 5.74) is 7.42. The lowest BCUT2D eigenvalue weighted by molar-refractivity contribution is -0.118. The van der Waals surface area contributed by atoms with Crippen molar-refractivity contribution in [3.8, 4) is 5.75 Å². The van der Waals surface area contributed by atoms with Crippen molar-refractivity contribution >= 4 is 17.5 Å². The summed E-state index contributed by atoms with van der Waals surface area (Å²) in [5.74, 6) is 0.685. The molecule has 0 radical (unpaired) electrons. The van der Waals surface area contributed by atoms with Crippen molar-refractivity contribution in [1.29, 1.82) is 0 Å². The quantitative estimate of drug-likeness (QED) is 0.828. The van der Waals surface area contributed by atoms with Gasteiger partial charge in [0.05, 0.1) is 0 Å². The van der Waals surface area contributed by atoms with E-state index in [1.54, 1.807) is 0 Å². The molecule has 0 heterocycles. The molecule has 0 aliphatic rings. The molecule has 4 heteroatoms. The van der Waals surface area contributed by atoms with Crippen LogP contribution < -0.4 is 10.5 Å². The van der Waals surface area contributed by atoms with Crippen molar-refractivity contribution in [2.75, 3.05) is 0 Å². The first-order chi connectivity index (χ1) is 10.6. The number of benzene rings is 2. The van der Waals surface area contributed by atoms with Gasteiger partial charge >= 0.3 is 0 Å². The van der Waals surface area contributed by atoms with Crippen LogP contribution in [0.25, 0.3) is 0 Å². The van der Waals surface area contributed by atoms with Crippen LogP contribution in [-0.2, 0) is 11.4 Å².